The van der Waals surface area contributed by atoms with Gasteiger partial charge in [-0.25, -0.2) is 9.67 Å². The zero-order valence-electron chi connectivity index (χ0n) is 17.6. The van der Waals surface area contributed by atoms with Gasteiger partial charge in [-0.05, 0) is 37.3 Å². The molecule has 0 radical (unpaired) electrons. The molecular weight excluding hydrogens is 493 g/mol. The largest absolute Gasteiger partial charge is 0.352 e. The second-order valence-corrected chi connectivity index (χ2v) is 7.74. The lowest BCUT2D eigenvalue weighted by Gasteiger charge is -2.25. The van der Waals surface area contributed by atoms with Crippen LogP contribution in [-0.2, 0) is 24.4 Å². The molecule has 0 bridgehead atoms. The van der Waals surface area contributed by atoms with Gasteiger partial charge in [-0.15, -0.1) is 24.0 Å². The highest BCUT2D eigenvalue weighted by Gasteiger charge is 2.24. The third-order valence-electron chi connectivity index (χ3n) is 5.51. The number of fused-ring (bicyclic) bond motifs is 1. The van der Waals surface area contributed by atoms with Gasteiger partial charge in [0.25, 0.3) is 0 Å². The van der Waals surface area contributed by atoms with Crippen molar-refractivity contribution < 1.29 is 4.79 Å². The van der Waals surface area contributed by atoms with Gasteiger partial charge >= 0.3 is 0 Å². The fourth-order valence-corrected chi connectivity index (χ4v) is 4.08. The molecule has 8 nitrogen and oxygen atoms in total. The van der Waals surface area contributed by atoms with E-state index in [2.05, 4.69) is 50.0 Å². The minimum absolute atomic E-state index is 0. The zero-order chi connectivity index (χ0) is 20.2. The lowest BCUT2D eigenvalue weighted by atomic mass is 10.1. The van der Waals surface area contributed by atoms with Gasteiger partial charge in [0, 0.05) is 39.6 Å². The Morgan fingerprint density at radius 2 is 2.10 bits per heavy atom. The molecule has 1 amide bonds. The van der Waals surface area contributed by atoms with Crippen molar-refractivity contribution in [2.24, 2.45) is 4.99 Å². The molecule has 1 saturated heterocycles. The molecule has 0 aliphatic carbocycles. The standard InChI is InChI=1S/C21H29N7O.HI/c1-15-24-20-18(8-4-11-28(20)26-15)25-21(22-2)23-13-16-6-3-7-17(12-16)14-27-10-5-9-19(27)29;/h3,6-7,12,18H,4-5,8-11,13-14H2,1-2H3,(H2,22,23,25);1H. The number of hydrogen-bond donors (Lipinski definition) is 2. The monoisotopic (exact) mass is 523 g/mol. The summed E-state index contributed by atoms with van der Waals surface area (Å²) in [5.74, 6) is 2.80. The maximum Gasteiger partial charge on any atom is 0.222 e. The minimum atomic E-state index is 0. The summed E-state index contributed by atoms with van der Waals surface area (Å²) < 4.78 is 1.99. The van der Waals surface area contributed by atoms with Crippen LogP contribution in [0.2, 0.25) is 0 Å². The molecule has 1 unspecified atom stereocenters. The van der Waals surface area contributed by atoms with E-state index in [1.165, 1.54) is 11.1 Å². The second-order valence-electron chi connectivity index (χ2n) is 7.74. The number of aryl methyl sites for hydroxylation is 2. The highest BCUT2D eigenvalue weighted by atomic mass is 127. The molecule has 2 aliphatic rings. The highest BCUT2D eigenvalue weighted by Crippen LogP contribution is 2.22. The number of halogens is 1. The molecule has 4 rings (SSSR count). The van der Waals surface area contributed by atoms with E-state index in [9.17, 15) is 4.79 Å². The number of rotatable bonds is 5. The van der Waals surface area contributed by atoms with E-state index >= 15 is 0 Å². The Kier molecular flexibility index (Phi) is 7.68. The first-order chi connectivity index (χ1) is 14.1. The van der Waals surface area contributed by atoms with Crippen LogP contribution in [0.3, 0.4) is 0 Å². The van der Waals surface area contributed by atoms with Crippen LogP contribution in [0.25, 0.3) is 0 Å². The quantitative estimate of drug-likeness (QED) is 0.358. The van der Waals surface area contributed by atoms with Gasteiger partial charge in [-0.2, -0.15) is 5.10 Å². The molecule has 1 aromatic heterocycles. The van der Waals surface area contributed by atoms with Gasteiger partial charge in [0.15, 0.2) is 5.96 Å². The van der Waals surface area contributed by atoms with Crippen LogP contribution >= 0.6 is 24.0 Å². The number of likely N-dealkylation sites (tertiary alicyclic amines) is 1. The van der Waals surface area contributed by atoms with Crippen LogP contribution in [0.1, 0.15) is 54.5 Å². The lowest BCUT2D eigenvalue weighted by molar-refractivity contribution is -0.128. The van der Waals surface area contributed by atoms with Crippen LogP contribution in [0.5, 0.6) is 0 Å². The fourth-order valence-electron chi connectivity index (χ4n) is 4.08. The van der Waals surface area contributed by atoms with Gasteiger partial charge in [-0.3, -0.25) is 9.79 Å². The number of amides is 1. The van der Waals surface area contributed by atoms with E-state index in [1.807, 2.05) is 16.5 Å². The number of aliphatic imine (C=N–C) groups is 1. The number of carbonyl (C=O) groups excluding carboxylic acids is 1. The summed E-state index contributed by atoms with van der Waals surface area (Å²) in [4.78, 5) is 22.8. The van der Waals surface area contributed by atoms with Crippen molar-refractivity contribution in [1.29, 1.82) is 0 Å². The Bertz CT molecular complexity index is 911. The summed E-state index contributed by atoms with van der Waals surface area (Å²) in [6.07, 6.45) is 3.73. The first-order valence-electron chi connectivity index (χ1n) is 10.4. The molecule has 3 heterocycles. The number of hydrogen-bond acceptors (Lipinski definition) is 4. The van der Waals surface area contributed by atoms with E-state index in [1.54, 1.807) is 7.05 Å². The van der Waals surface area contributed by atoms with E-state index < -0.39 is 0 Å². The third kappa shape index (κ3) is 5.30. The van der Waals surface area contributed by atoms with Gasteiger partial charge in [0.05, 0.1) is 6.04 Å². The van der Waals surface area contributed by atoms with Crippen molar-refractivity contribution in [2.75, 3.05) is 13.6 Å². The summed E-state index contributed by atoms with van der Waals surface area (Å²) in [6, 6.07) is 8.50. The van der Waals surface area contributed by atoms with Gasteiger partial charge in [0.1, 0.15) is 11.6 Å². The number of nitrogens with zero attached hydrogens (tertiary/aromatic N) is 5. The Labute approximate surface area is 194 Å². The summed E-state index contributed by atoms with van der Waals surface area (Å²) >= 11 is 0. The van der Waals surface area contributed by atoms with E-state index in [0.717, 1.165) is 50.0 Å². The van der Waals surface area contributed by atoms with Crippen molar-refractivity contribution in [2.45, 2.75) is 58.3 Å². The number of guanidine groups is 1. The van der Waals surface area contributed by atoms with Crippen molar-refractivity contribution in [3.63, 3.8) is 0 Å². The van der Waals surface area contributed by atoms with E-state index in [-0.39, 0.29) is 35.9 Å². The highest BCUT2D eigenvalue weighted by molar-refractivity contribution is 14.0. The summed E-state index contributed by atoms with van der Waals surface area (Å²) in [7, 11) is 1.78. The first-order valence-corrected chi connectivity index (χ1v) is 10.4. The first kappa shape index (κ1) is 22.5. The zero-order valence-corrected chi connectivity index (χ0v) is 19.9. The van der Waals surface area contributed by atoms with Gasteiger partial charge < -0.3 is 15.5 Å². The molecule has 1 aromatic carbocycles. The van der Waals surface area contributed by atoms with Crippen LogP contribution in [0, 0.1) is 6.92 Å². The molecule has 2 aromatic rings. The Hall–Kier alpha value is -2.17. The Morgan fingerprint density at radius 3 is 2.87 bits per heavy atom. The van der Waals surface area contributed by atoms with E-state index in [0.29, 0.717) is 19.5 Å². The smallest absolute Gasteiger partial charge is 0.222 e. The van der Waals surface area contributed by atoms with Crippen LogP contribution < -0.4 is 10.6 Å². The summed E-state index contributed by atoms with van der Waals surface area (Å²) in [6.45, 7) is 5.07. The maximum absolute atomic E-state index is 11.9. The van der Waals surface area contributed by atoms with Crippen LogP contribution in [0.4, 0.5) is 0 Å². The average molecular weight is 523 g/mol. The molecular formula is C21H30IN7O. The van der Waals surface area contributed by atoms with E-state index in [4.69, 9.17) is 0 Å². The molecule has 1 fully saturated rings. The molecule has 0 saturated carbocycles. The second kappa shape index (κ2) is 10.2. The molecule has 162 valence electrons. The summed E-state index contributed by atoms with van der Waals surface area (Å²) in [5.41, 5.74) is 2.33. The van der Waals surface area contributed by atoms with Crippen LogP contribution in [-0.4, -0.2) is 45.1 Å². The lowest BCUT2D eigenvalue weighted by Crippen LogP contribution is -2.41. The third-order valence-corrected chi connectivity index (χ3v) is 5.51. The van der Waals surface area contributed by atoms with Gasteiger partial charge in [-0.1, -0.05) is 24.3 Å². The fraction of sp³-hybridized carbons (Fsp3) is 0.524. The molecule has 2 aliphatic heterocycles. The SMILES string of the molecule is CN=C(NCc1cccc(CN2CCCC2=O)c1)NC1CCCn2nc(C)nc21.I. The predicted octanol–water partition coefficient (Wildman–Crippen LogP) is 2.53. The molecule has 9 heteroatoms. The topological polar surface area (TPSA) is 87.4 Å². The van der Waals surface area contributed by atoms with Gasteiger partial charge in [0.2, 0.25) is 5.91 Å². The molecule has 1 atom stereocenters. The maximum atomic E-state index is 11.9. The molecule has 2 N–H and O–H groups in total. The average Bonchev–Trinajstić information content (AvgIpc) is 3.30. The van der Waals surface area contributed by atoms with Crippen LogP contribution in [0.15, 0.2) is 29.3 Å². The normalized spacial score (nSPS) is 18.7. The van der Waals surface area contributed by atoms with Crippen molar-refractivity contribution >= 4 is 35.8 Å². The molecule has 30 heavy (non-hydrogen) atoms. The summed E-state index contributed by atoms with van der Waals surface area (Å²) in [5, 5.41) is 11.4. The number of carbonyl (C=O) groups is 1. The molecule has 0 spiro atoms. The van der Waals surface area contributed by atoms with Crippen molar-refractivity contribution in [1.82, 2.24) is 30.3 Å². The minimum Gasteiger partial charge on any atom is -0.352 e. The van der Waals surface area contributed by atoms with Crippen molar-refractivity contribution in [3.8, 4) is 0 Å². The Morgan fingerprint density at radius 1 is 1.27 bits per heavy atom. The number of nitrogens with one attached hydrogen (secondary N) is 2. The number of benzene rings is 1. The Balaban J connectivity index is 0.00000256. The number of aromatic nitrogens is 3. The van der Waals surface area contributed by atoms with Crippen molar-refractivity contribution in [3.05, 3.63) is 47.0 Å². The predicted molar refractivity (Wildman–Crippen MR) is 127 cm³/mol.